The summed E-state index contributed by atoms with van der Waals surface area (Å²) < 4.78 is 0. The number of carbonyl (C=O) groups excluding carboxylic acids is 1. The molecule has 0 spiro atoms. The highest BCUT2D eigenvalue weighted by atomic mass is 16.3. The highest BCUT2D eigenvalue weighted by Crippen LogP contribution is 2.20. The first-order valence-corrected chi connectivity index (χ1v) is 11.1. The molecule has 6 nitrogen and oxygen atoms in total. The lowest BCUT2D eigenvalue weighted by atomic mass is 10.0. The van der Waals surface area contributed by atoms with Gasteiger partial charge in [-0.1, -0.05) is 39.0 Å². The van der Waals surface area contributed by atoms with E-state index in [0.717, 1.165) is 44.6 Å². The average Bonchev–Trinajstić information content (AvgIpc) is 3.03. The first-order valence-electron chi connectivity index (χ1n) is 11.1. The molecule has 0 fully saturated rings. The molecule has 3 N–H and O–H groups in total. The van der Waals surface area contributed by atoms with Crippen molar-refractivity contribution in [2.24, 2.45) is 0 Å². The third-order valence-corrected chi connectivity index (χ3v) is 4.95. The molecule has 0 saturated carbocycles. The van der Waals surface area contributed by atoms with Crippen molar-refractivity contribution in [3.05, 3.63) is 63.3 Å². The largest absolute Gasteiger partial charge is 0.400 e. The molecule has 31 heavy (non-hydrogen) atoms. The highest BCUT2D eigenvalue weighted by molar-refractivity contribution is 5.97. The SMILES string of the molecule is C/C=c1/c2c([nH]/c1=C/CC)CCCN(C(=O)C1=CCCC=C1[NH+]=O)C2.C=C.CC.CO. The highest BCUT2D eigenvalue weighted by Gasteiger charge is 2.29. The number of hydrogen-bond acceptors (Lipinski definition) is 3. The second kappa shape index (κ2) is 16.0. The second-order valence-corrected chi connectivity index (χ2v) is 6.56. The Kier molecular flexibility index (Phi) is 14.6. The zero-order valence-electron chi connectivity index (χ0n) is 19.9. The molecule has 2 aliphatic rings. The predicted octanol–water partition coefficient (Wildman–Crippen LogP) is 2.17. The molecule has 1 aromatic rings. The Hall–Kier alpha value is -2.73. The number of aliphatic hydroxyl groups is 1. The van der Waals surface area contributed by atoms with E-state index in [9.17, 15) is 9.70 Å². The minimum atomic E-state index is -0.0496. The summed E-state index contributed by atoms with van der Waals surface area (Å²) in [5, 5.41) is 11.3. The summed E-state index contributed by atoms with van der Waals surface area (Å²) in [5.74, 6) is -0.0496. The van der Waals surface area contributed by atoms with Crippen LogP contribution in [0.2, 0.25) is 0 Å². The minimum absolute atomic E-state index is 0.0496. The van der Waals surface area contributed by atoms with Crippen molar-refractivity contribution >= 4 is 18.1 Å². The van der Waals surface area contributed by atoms with Gasteiger partial charge in [-0.25, -0.2) is 0 Å². The van der Waals surface area contributed by atoms with Crippen molar-refractivity contribution in [2.45, 2.75) is 66.3 Å². The monoisotopic (exact) mass is 430 g/mol. The summed E-state index contributed by atoms with van der Waals surface area (Å²) in [4.78, 5) is 29.6. The Labute approximate surface area is 186 Å². The first kappa shape index (κ1) is 28.3. The lowest BCUT2D eigenvalue weighted by Crippen LogP contribution is -2.63. The number of nitroso groups, excluding NO2 is 1. The molecule has 172 valence electrons. The molecular formula is C25H40N3O3+. The lowest BCUT2D eigenvalue weighted by molar-refractivity contribution is -0.417. The van der Waals surface area contributed by atoms with Gasteiger partial charge in [-0.05, 0) is 50.7 Å². The number of hydrogen-bond donors (Lipinski definition) is 3. The minimum Gasteiger partial charge on any atom is -0.400 e. The van der Waals surface area contributed by atoms with Crippen LogP contribution in [-0.2, 0) is 17.8 Å². The van der Waals surface area contributed by atoms with E-state index in [-0.39, 0.29) is 5.91 Å². The molecule has 0 aromatic carbocycles. The fourth-order valence-corrected chi connectivity index (χ4v) is 3.75. The molecule has 0 saturated heterocycles. The van der Waals surface area contributed by atoms with Gasteiger partial charge in [0.2, 0.25) is 0 Å². The third kappa shape index (κ3) is 7.17. The van der Waals surface area contributed by atoms with Gasteiger partial charge >= 0.3 is 0 Å². The van der Waals surface area contributed by atoms with E-state index in [0.29, 0.717) is 24.4 Å². The van der Waals surface area contributed by atoms with Crippen LogP contribution < -0.4 is 15.7 Å². The van der Waals surface area contributed by atoms with E-state index in [2.05, 4.69) is 37.2 Å². The van der Waals surface area contributed by atoms with Crippen LogP contribution in [0.1, 0.15) is 64.6 Å². The number of fused-ring (bicyclic) bond motifs is 1. The molecule has 0 radical (unpaired) electrons. The van der Waals surface area contributed by atoms with Gasteiger partial charge in [0.05, 0.1) is 0 Å². The van der Waals surface area contributed by atoms with E-state index >= 15 is 0 Å². The Morgan fingerprint density at radius 1 is 1.26 bits per heavy atom. The number of aryl methyl sites for hydroxylation is 1. The van der Waals surface area contributed by atoms with E-state index in [1.807, 2.05) is 43.0 Å². The standard InChI is InChI=1S/C20H25N3O2.C2H6.C2H4.CH4O/c1-3-8-17-14(4-2)16-13-23(12-7-11-18(16)21-17)20(24)15-9-5-6-10-19(15)22-25;3*1-2/h4,8-10,21H,3,5-7,11-13H2,1-2H3;1-2H3;1-2H2;2H,1H3/p+1/b14-4-,17-8+;;;. The number of allylic oxidation sites excluding steroid dienone is 2. The van der Waals surface area contributed by atoms with Crippen molar-refractivity contribution < 1.29 is 15.1 Å². The van der Waals surface area contributed by atoms with Crippen LogP contribution in [0.4, 0.5) is 0 Å². The number of nitrogens with one attached hydrogen (secondary N) is 2. The zero-order valence-corrected chi connectivity index (χ0v) is 19.9. The van der Waals surface area contributed by atoms with Crippen molar-refractivity contribution in [2.75, 3.05) is 13.7 Å². The summed E-state index contributed by atoms with van der Waals surface area (Å²) in [6.07, 6.45) is 12.5. The molecule has 1 aliphatic heterocycles. The Balaban J connectivity index is 0.00000138. The fraction of sp³-hybridized carbons (Fsp3) is 0.480. The molecular weight excluding hydrogens is 390 g/mol. The average molecular weight is 431 g/mol. The molecule has 1 aliphatic carbocycles. The first-order chi connectivity index (χ1) is 15.2. The molecule has 0 unspecified atom stereocenters. The van der Waals surface area contributed by atoms with Gasteiger partial charge in [-0.2, -0.15) is 0 Å². The third-order valence-electron chi connectivity index (χ3n) is 4.95. The van der Waals surface area contributed by atoms with Crippen LogP contribution in [0, 0.1) is 4.91 Å². The number of aliphatic hydroxyl groups excluding tert-OH is 1. The van der Waals surface area contributed by atoms with Crippen LogP contribution in [0.5, 0.6) is 0 Å². The van der Waals surface area contributed by atoms with Crippen LogP contribution >= 0.6 is 0 Å². The lowest BCUT2D eigenvalue weighted by Gasteiger charge is -2.21. The smallest absolute Gasteiger partial charge is 0.261 e. The zero-order chi connectivity index (χ0) is 23.8. The van der Waals surface area contributed by atoms with Crippen LogP contribution in [0.15, 0.2) is 36.6 Å². The number of nitrogens with zero attached hydrogens (tertiary/aromatic N) is 1. The van der Waals surface area contributed by atoms with Crippen LogP contribution in [-0.4, -0.2) is 34.6 Å². The van der Waals surface area contributed by atoms with Gasteiger partial charge < -0.3 is 15.0 Å². The quantitative estimate of drug-likeness (QED) is 0.642. The summed E-state index contributed by atoms with van der Waals surface area (Å²) in [6, 6.07) is 0. The number of amides is 1. The number of rotatable bonds is 3. The summed E-state index contributed by atoms with van der Waals surface area (Å²) >= 11 is 0. The van der Waals surface area contributed by atoms with Gasteiger partial charge in [0.25, 0.3) is 11.6 Å². The van der Waals surface area contributed by atoms with E-state index < -0.39 is 0 Å². The van der Waals surface area contributed by atoms with Gasteiger partial charge in [0, 0.05) is 46.5 Å². The Morgan fingerprint density at radius 3 is 2.48 bits per heavy atom. The molecule has 3 rings (SSSR count). The molecule has 6 heteroatoms. The molecule has 1 amide bonds. The van der Waals surface area contributed by atoms with Gasteiger partial charge in [-0.15, -0.1) is 13.2 Å². The Morgan fingerprint density at radius 2 is 1.90 bits per heavy atom. The molecule has 0 atom stereocenters. The van der Waals surface area contributed by atoms with Crippen molar-refractivity contribution in [1.29, 1.82) is 0 Å². The Bertz CT molecular complexity index is 879. The maximum absolute atomic E-state index is 13.0. The summed E-state index contributed by atoms with van der Waals surface area (Å²) in [7, 11) is 1.00. The van der Waals surface area contributed by atoms with Crippen molar-refractivity contribution in [3.63, 3.8) is 0 Å². The van der Waals surface area contributed by atoms with Crippen molar-refractivity contribution in [3.8, 4) is 0 Å². The predicted molar refractivity (Wildman–Crippen MR) is 129 cm³/mol. The molecule has 2 heterocycles. The topological polar surface area (TPSA) is 87.4 Å². The van der Waals surface area contributed by atoms with E-state index in [1.165, 1.54) is 16.5 Å². The van der Waals surface area contributed by atoms with Gasteiger partial charge in [-0.3, -0.25) is 4.79 Å². The van der Waals surface area contributed by atoms with Crippen molar-refractivity contribution in [1.82, 2.24) is 9.88 Å². The second-order valence-electron chi connectivity index (χ2n) is 6.56. The van der Waals surface area contributed by atoms with Crippen LogP contribution in [0.3, 0.4) is 0 Å². The number of aromatic nitrogens is 1. The number of aromatic amines is 1. The summed E-state index contributed by atoms with van der Waals surface area (Å²) in [5.41, 5.74) is 3.38. The maximum atomic E-state index is 13.0. The fourth-order valence-electron chi connectivity index (χ4n) is 3.75. The van der Waals surface area contributed by atoms with E-state index in [4.69, 9.17) is 5.11 Å². The van der Waals surface area contributed by atoms with Crippen LogP contribution in [0.25, 0.3) is 12.2 Å². The normalized spacial score (nSPS) is 16.0. The number of H-pyrrole nitrogens is 1. The van der Waals surface area contributed by atoms with Gasteiger partial charge in [0.15, 0.2) is 0 Å². The van der Waals surface area contributed by atoms with Gasteiger partial charge in [0.1, 0.15) is 5.57 Å². The van der Waals surface area contributed by atoms with E-state index in [1.54, 1.807) is 0 Å². The summed E-state index contributed by atoms with van der Waals surface area (Å²) in [6.45, 7) is 15.5. The molecule has 0 bridgehead atoms. The molecule has 1 aromatic heterocycles. The maximum Gasteiger partial charge on any atom is 0.261 e. The number of carbonyl (C=O) groups is 1.